The second-order valence-corrected chi connectivity index (χ2v) is 3.00. The zero-order chi connectivity index (χ0) is 10.1. The van der Waals surface area contributed by atoms with Crippen LogP contribution in [0.2, 0.25) is 0 Å². The van der Waals surface area contributed by atoms with Crippen LogP contribution in [0.4, 0.5) is 0 Å². The smallest absolute Gasteiger partial charge is 0.423 e. The third kappa shape index (κ3) is 1.43. The lowest BCUT2D eigenvalue weighted by molar-refractivity contribution is 0.426. The Labute approximate surface area is 80.0 Å². The first kappa shape index (κ1) is 8.99. The number of pyridine rings is 1. The number of rotatable bonds is 1. The monoisotopic (exact) mass is 189 g/mol. The minimum atomic E-state index is -1.52. The highest BCUT2D eigenvalue weighted by atomic mass is 16.4. The Kier molecular flexibility index (Phi) is 2.11. The standard InChI is InChI=1S/C9H8BNO3/c12-9-5-4-6-7(10(13)14)2-1-3-8(6)11-9/h1-5,13-14H,(H,11,12). The molecule has 0 bridgehead atoms. The summed E-state index contributed by atoms with van der Waals surface area (Å²) in [4.78, 5) is 13.6. The molecule has 4 nitrogen and oxygen atoms in total. The third-order valence-corrected chi connectivity index (χ3v) is 2.08. The van der Waals surface area contributed by atoms with Crippen LogP contribution in [0.3, 0.4) is 0 Å². The number of aromatic amines is 1. The maximum atomic E-state index is 11.0. The van der Waals surface area contributed by atoms with Crippen LogP contribution in [0.5, 0.6) is 0 Å². The van der Waals surface area contributed by atoms with Gasteiger partial charge in [0.25, 0.3) is 0 Å². The van der Waals surface area contributed by atoms with Crippen molar-refractivity contribution in [2.75, 3.05) is 0 Å². The fraction of sp³-hybridized carbons (Fsp3) is 0. The average Bonchev–Trinajstić information content (AvgIpc) is 2.16. The topological polar surface area (TPSA) is 73.3 Å². The van der Waals surface area contributed by atoms with E-state index in [1.165, 1.54) is 6.07 Å². The Hall–Kier alpha value is -1.59. The van der Waals surface area contributed by atoms with Crippen LogP contribution in [0, 0.1) is 0 Å². The zero-order valence-corrected chi connectivity index (χ0v) is 7.27. The molecule has 0 saturated heterocycles. The number of benzene rings is 1. The molecule has 1 heterocycles. The van der Waals surface area contributed by atoms with Crippen LogP contribution >= 0.6 is 0 Å². The van der Waals surface area contributed by atoms with Crippen molar-refractivity contribution in [2.24, 2.45) is 0 Å². The van der Waals surface area contributed by atoms with Gasteiger partial charge in [-0.25, -0.2) is 0 Å². The molecule has 0 aliphatic heterocycles. The third-order valence-electron chi connectivity index (χ3n) is 2.08. The van der Waals surface area contributed by atoms with E-state index in [0.717, 1.165) is 0 Å². The molecule has 5 heteroatoms. The van der Waals surface area contributed by atoms with Gasteiger partial charge in [-0.05, 0) is 23.0 Å². The normalized spacial score (nSPS) is 10.4. The largest absolute Gasteiger partial charge is 0.489 e. The molecule has 1 aromatic heterocycles. The Morgan fingerprint density at radius 3 is 2.64 bits per heavy atom. The van der Waals surface area contributed by atoms with Gasteiger partial charge in [0.2, 0.25) is 5.56 Å². The number of nitrogens with one attached hydrogen (secondary N) is 1. The van der Waals surface area contributed by atoms with E-state index in [1.54, 1.807) is 24.3 Å². The molecule has 2 rings (SSSR count). The predicted octanol–water partition coefficient (Wildman–Crippen LogP) is -0.792. The first-order valence-electron chi connectivity index (χ1n) is 4.16. The summed E-state index contributed by atoms with van der Waals surface area (Å²) in [5.74, 6) is 0. The average molecular weight is 189 g/mol. The van der Waals surface area contributed by atoms with Gasteiger partial charge in [-0.1, -0.05) is 12.1 Å². The van der Waals surface area contributed by atoms with E-state index in [1.807, 2.05) is 0 Å². The summed E-state index contributed by atoms with van der Waals surface area (Å²) in [5.41, 5.74) is 0.781. The number of H-pyrrole nitrogens is 1. The van der Waals surface area contributed by atoms with Crippen molar-refractivity contribution >= 4 is 23.5 Å². The first-order chi connectivity index (χ1) is 6.68. The van der Waals surface area contributed by atoms with Crippen molar-refractivity contribution in [3.8, 4) is 0 Å². The highest BCUT2D eigenvalue weighted by Gasteiger charge is 2.13. The second kappa shape index (κ2) is 3.28. The van der Waals surface area contributed by atoms with Gasteiger partial charge in [-0.15, -0.1) is 0 Å². The van der Waals surface area contributed by atoms with Gasteiger partial charge in [0, 0.05) is 11.6 Å². The van der Waals surface area contributed by atoms with E-state index >= 15 is 0 Å². The highest BCUT2D eigenvalue weighted by molar-refractivity contribution is 6.61. The van der Waals surface area contributed by atoms with E-state index in [0.29, 0.717) is 16.4 Å². The maximum absolute atomic E-state index is 11.0. The summed E-state index contributed by atoms with van der Waals surface area (Å²) in [7, 11) is -1.52. The molecule has 0 unspecified atom stereocenters. The molecule has 0 aliphatic rings. The molecule has 3 N–H and O–H groups in total. The van der Waals surface area contributed by atoms with Gasteiger partial charge in [-0.3, -0.25) is 4.79 Å². The van der Waals surface area contributed by atoms with Crippen LogP contribution in [-0.4, -0.2) is 22.2 Å². The van der Waals surface area contributed by atoms with E-state index in [2.05, 4.69) is 4.98 Å². The van der Waals surface area contributed by atoms with E-state index in [9.17, 15) is 4.79 Å². The quantitative estimate of drug-likeness (QED) is 0.514. The van der Waals surface area contributed by atoms with Crippen molar-refractivity contribution in [3.05, 3.63) is 40.7 Å². The van der Waals surface area contributed by atoms with Crippen LogP contribution in [0.1, 0.15) is 0 Å². The summed E-state index contributed by atoms with van der Waals surface area (Å²) >= 11 is 0. The van der Waals surface area contributed by atoms with Gasteiger partial charge in [0.15, 0.2) is 0 Å². The molecule has 70 valence electrons. The molecule has 0 atom stereocenters. The van der Waals surface area contributed by atoms with E-state index in [4.69, 9.17) is 10.0 Å². The number of fused-ring (bicyclic) bond motifs is 1. The molecule has 0 saturated carbocycles. The van der Waals surface area contributed by atoms with Crippen LogP contribution in [0.15, 0.2) is 35.1 Å². The lowest BCUT2D eigenvalue weighted by Crippen LogP contribution is -2.30. The fourth-order valence-corrected chi connectivity index (χ4v) is 1.44. The molecule has 0 aliphatic carbocycles. The van der Waals surface area contributed by atoms with Gasteiger partial charge in [-0.2, -0.15) is 0 Å². The van der Waals surface area contributed by atoms with Crippen molar-refractivity contribution in [1.82, 2.24) is 4.98 Å². The summed E-state index contributed by atoms with van der Waals surface area (Å²) in [6, 6.07) is 7.90. The summed E-state index contributed by atoms with van der Waals surface area (Å²) in [5, 5.41) is 18.7. The lowest BCUT2D eigenvalue weighted by atomic mass is 9.78. The van der Waals surface area contributed by atoms with Gasteiger partial charge < -0.3 is 15.0 Å². The molecule has 14 heavy (non-hydrogen) atoms. The summed E-state index contributed by atoms with van der Waals surface area (Å²) in [6.07, 6.45) is 0. The zero-order valence-electron chi connectivity index (χ0n) is 7.27. The molecular weight excluding hydrogens is 181 g/mol. The van der Waals surface area contributed by atoms with Crippen LogP contribution in [-0.2, 0) is 0 Å². The first-order valence-corrected chi connectivity index (χ1v) is 4.16. The Morgan fingerprint density at radius 1 is 1.14 bits per heavy atom. The molecule has 0 radical (unpaired) electrons. The second-order valence-electron chi connectivity index (χ2n) is 3.00. The lowest BCUT2D eigenvalue weighted by Gasteiger charge is -2.03. The molecule has 2 aromatic rings. The Balaban J connectivity index is 2.81. The molecule has 0 amide bonds. The van der Waals surface area contributed by atoms with Gasteiger partial charge in [0.05, 0.1) is 0 Å². The predicted molar refractivity (Wildman–Crippen MR) is 54.4 cm³/mol. The Bertz CT molecular complexity index is 521. The number of hydrogen-bond donors (Lipinski definition) is 3. The summed E-state index contributed by atoms with van der Waals surface area (Å²) < 4.78 is 0. The Morgan fingerprint density at radius 2 is 1.93 bits per heavy atom. The SMILES string of the molecule is O=c1ccc2c(B(O)O)cccc2[nH]1. The molecule has 1 aromatic carbocycles. The van der Waals surface area contributed by atoms with E-state index in [-0.39, 0.29) is 5.56 Å². The highest BCUT2D eigenvalue weighted by Crippen LogP contribution is 2.05. The van der Waals surface area contributed by atoms with Crippen LogP contribution in [0.25, 0.3) is 10.9 Å². The summed E-state index contributed by atoms with van der Waals surface area (Å²) in [6.45, 7) is 0. The van der Waals surface area contributed by atoms with E-state index < -0.39 is 7.12 Å². The van der Waals surface area contributed by atoms with Crippen LogP contribution < -0.4 is 11.0 Å². The number of aromatic nitrogens is 1. The molecule has 0 spiro atoms. The fourth-order valence-electron chi connectivity index (χ4n) is 1.44. The van der Waals surface area contributed by atoms with Crippen molar-refractivity contribution in [3.63, 3.8) is 0 Å². The minimum absolute atomic E-state index is 0.206. The number of hydrogen-bond acceptors (Lipinski definition) is 3. The van der Waals surface area contributed by atoms with Gasteiger partial charge in [0.1, 0.15) is 0 Å². The van der Waals surface area contributed by atoms with Crippen molar-refractivity contribution < 1.29 is 10.0 Å². The van der Waals surface area contributed by atoms with Gasteiger partial charge >= 0.3 is 7.12 Å². The molecular formula is C9H8BNO3. The maximum Gasteiger partial charge on any atom is 0.489 e. The minimum Gasteiger partial charge on any atom is -0.423 e. The van der Waals surface area contributed by atoms with Crippen molar-refractivity contribution in [1.29, 1.82) is 0 Å². The van der Waals surface area contributed by atoms with Crippen molar-refractivity contribution in [2.45, 2.75) is 0 Å². The molecule has 0 fully saturated rings.